The summed E-state index contributed by atoms with van der Waals surface area (Å²) < 4.78 is 0. The van der Waals surface area contributed by atoms with Crippen molar-refractivity contribution in [2.45, 2.75) is 6.04 Å². The molecule has 0 amide bonds. The third-order valence-electron chi connectivity index (χ3n) is 1.26. The minimum absolute atomic E-state index is 0. The Balaban J connectivity index is 0. The molecule has 4 heteroatoms. The maximum atomic E-state index is 2.23. The molecule has 0 saturated heterocycles. The minimum atomic E-state index is 0. The fraction of sp³-hybridized carbons (Fsp3) is 0.143. The number of benzene rings is 1. The molecule has 0 atom stereocenters. The van der Waals surface area contributed by atoms with Crippen LogP contribution in [0, 0.1) is 0 Å². The molecule has 0 saturated carbocycles. The molecule has 0 aliphatic rings. The van der Waals surface area contributed by atoms with Gasteiger partial charge in [0.1, 0.15) is 0 Å². The number of rotatable bonds is 2. The topological polar surface area (TPSA) is 0 Å². The maximum absolute atomic E-state index is 2.23. The molecule has 0 N–H and O–H groups in total. The number of halogens is 2. The Hall–Kier alpha value is 0.887. The van der Waals surface area contributed by atoms with Gasteiger partial charge in [-0.2, -0.15) is 0 Å². The van der Waals surface area contributed by atoms with Crippen molar-refractivity contribution < 1.29 is 48.4 Å². The molecule has 0 aromatic heterocycles. The standard InChI is InChI=1S/C7H9Si.2ClH.Hf/c8-6-7-4-2-1-3-5-7;;;/h1-5H,6,8H2;2*1H;/q;;;+2/p-2. The molecule has 11 heavy (non-hydrogen) atoms. The monoisotopic (exact) mass is 371 g/mol. The average molecular weight is 371 g/mol. The summed E-state index contributed by atoms with van der Waals surface area (Å²) in [6.07, 6.45) is 0. The Bertz CT molecular complexity index is 169. The van der Waals surface area contributed by atoms with Crippen LogP contribution >= 0.6 is 0 Å². The molecule has 1 aromatic rings. The molecule has 0 aliphatic carbocycles. The molecule has 0 fully saturated rings. The first kappa shape index (κ1) is 14.4. The van der Waals surface area contributed by atoms with Crippen molar-refractivity contribution in [3.8, 4) is 0 Å². The molecule has 0 unspecified atom stereocenters. The molecule has 0 spiro atoms. The third kappa shape index (κ3) is 6.09. The van der Waals surface area contributed by atoms with Crippen molar-refractivity contribution in [2.24, 2.45) is 0 Å². The molecule has 0 bridgehead atoms. The van der Waals surface area contributed by atoms with Crippen LogP contribution in [0.3, 0.4) is 0 Å². The molecule has 0 aliphatic heterocycles. The molecule has 1 rings (SSSR count). The molecule has 1 aromatic carbocycles. The zero-order valence-corrected chi connectivity index (χ0v) is 12.6. The van der Waals surface area contributed by atoms with E-state index in [-0.39, 0.29) is 24.8 Å². The summed E-state index contributed by atoms with van der Waals surface area (Å²) in [6.45, 7) is 0.355. The van der Waals surface area contributed by atoms with Crippen LogP contribution in [0.25, 0.3) is 0 Å². The summed E-state index contributed by atoms with van der Waals surface area (Å²) in [7, 11) is 0. The summed E-state index contributed by atoms with van der Waals surface area (Å²) in [5, 5.41) is 0. The van der Waals surface area contributed by atoms with E-state index < -0.39 is 0 Å². The number of hydrogen-bond acceptors (Lipinski definition) is 0. The van der Waals surface area contributed by atoms with E-state index in [1.807, 2.05) is 0 Å². The Morgan fingerprint density at radius 2 is 1.64 bits per heavy atom. The first-order valence-corrected chi connectivity index (χ1v) is 12.4. The second-order valence-corrected chi connectivity index (χ2v) is 8.37. The zero-order valence-electron chi connectivity index (χ0n) is 6.06. The van der Waals surface area contributed by atoms with Crippen molar-refractivity contribution in [3.05, 3.63) is 35.9 Å². The van der Waals surface area contributed by atoms with E-state index in [4.69, 9.17) is 0 Å². The van der Waals surface area contributed by atoms with Gasteiger partial charge in [0.05, 0.1) is 0 Å². The van der Waals surface area contributed by atoms with Gasteiger partial charge in [-0.25, -0.2) is 0 Å². The van der Waals surface area contributed by atoms with Crippen LogP contribution in [0.4, 0.5) is 0 Å². The van der Waals surface area contributed by atoms with Crippen LogP contribution in [-0.4, -0.2) is 6.71 Å². The van der Waals surface area contributed by atoms with Crippen molar-refractivity contribution in [3.63, 3.8) is 0 Å². The van der Waals surface area contributed by atoms with Gasteiger partial charge in [0.25, 0.3) is 0 Å². The van der Waals surface area contributed by atoms with Gasteiger partial charge in [0.15, 0.2) is 0 Å². The first-order chi connectivity index (χ1) is 4.43. The predicted octanol–water partition coefficient (Wildman–Crippen LogP) is -5.17. The van der Waals surface area contributed by atoms with E-state index in [9.17, 15) is 0 Å². The van der Waals surface area contributed by atoms with Gasteiger partial charge < -0.3 is 24.8 Å². The van der Waals surface area contributed by atoms with Crippen molar-refractivity contribution in [2.75, 3.05) is 0 Å². The van der Waals surface area contributed by atoms with Crippen LogP contribution < -0.4 is 24.8 Å². The van der Waals surface area contributed by atoms with Gasteiger partial charge >= 0.3 is 72.2 Å². The summed E-state index contributed by atoms with van der Waals surface area (Å²) in [6, 6.07) is 12.2. The van der Waals surface area contributed by atoms with Crippen molar-refractivity contribution in [1.29, 1.82) is 0 Å². The molecule has 0 nitrogen and oxygen atoms in total. The van der Waals surface area contributed by atoms with E-state index >= 15 is 0 Å². The van der Waals surface area contributed by atoms with E-state index in [1.165, 1.54) is 29.6 Å². The SMILES string of the molecule is [Cl-].[Cl-].[Hf+2][SiH2]Cc1ccccc1. The van der Waals surface area contributed by atoms with Crippen LogP contribution in [0.1, 0.15) is 5.56 Å². The Kier molecular flexibility index (Phi) is 11.8. The molecular weight excluding hydrogens is 362 g/mol. The van der Waals surface area contributed by atoms with Crippen LogP contribution in [-0.2, 0) is 29.6 Å². The zero-order chi connectivity index (χ0) is 6.53. The average Bonchev–Trinajstić information content (AvgIpc) is 1.91. The normalized spacial score (nSPS) is 8.91. The van der Waals surface area contributed by atoms with Gasteiger partial charge in [-0.15, -0.1) is 0 Å². The first-order valence-electron chi connectivity index (χ1n) is 3.12. The van der Waals surface area contributed by atoms with E-state index in [0.717, 1.165) is 0 Å². The van der Waals surface area contributed by atoms with Crippen molar-refractivity contribution in [1.82, 2.24) is 0 Å². The summed E-state index contributed by atoms with van der Waals surface area (Å²) in [5.41, 5.74) is 1.54. The van der Waals surface area contributed by atoms with Crippen LogP contribution in [0.15, 0.2) is 30.3 Å². The van der Waals surface area contributed by atoms with E-state index in [2.05, 4.69) is 30.3 Å². The second-order valence-electron chi connectivity index (χ2n) is 1.99. The van der Waals surface area contributed by atoms with Crippen LogP contribution in [0.2, 0.25) is 0 Å². The molecule has 59 valence electrons. The van der Waals surface area contributed by atoms with Crippen molar-refractivity contribution >= 4 is 6.71 Å². The van der Waals surface area contributed by atoms with Gasteiger partial charge in [0.2, 0.25) is 0 Å². The number of hydrogen-bond donors (Lipinski definition) is 0. The molecular formula is C7H9Cl2HfSi. The fourth-order valence-electron chi connectivity index (χ4n) is 0.789. The second kappa shape index (κ2) is 8.98. The van der Waals surface area contributed by atoms with Gasteiger partial charge in [-0.1, -0.05) is 0 Å². The predicted molar refractivity (Wildman–Crippen MR) is 38.7 cm³/mol. The molecule has 0 radical (unpaired) electrons. The third-order valence-corrected chi connectivity index (χ3v) is 4.78. The van der Waals surface area contributed by atoms with Gasteiger partial charge in [0, 0.05) is 0 Å². The van der Waals surface area contributed by atoms with Gasteiger partial charge in [-0.3, -0.25) is 0 Å². The molecule has 0 heterocycles. The Morgan fingerprint density at radius 3 is 2.09 bits per heavy atom. The van der Waals surface area contributed by atoms with E-state index in [1.54, 1.807) is 5.56 Å². The summed E-state index contributed by atoms with van der Waals surface area (Å²) >= 11 is 1.46. The Morgan fingerprint density at radius 1 is 1.09 bits per heavy atom. The fourth-order valence-corrected chi connectivity index (χ4v) is 4.52. The Labute approximate surface area is 96.3 Å². The quantitative estimate of drug-likeness (QED) is 0.457. The summed E-state index contributed by atoms with van der Waals surface area (Å²) in [4.78, 5) is 0. The van der Waals surface area contributed by atoms with Gasteiger partial charge in [-0.05, 0) is 0 Å². The van der Waals surface area contributed by atoms with Crippen LogP contribution in [0.5, 0.6) is 0 Å². The van der Waals surface area contributed by atoms with E-state index in [0.29, 0.717) is 6.71 Å². The summed E-state index contributed by atoms with van der Waals surface area (Å²) in [5.74, 6) is 0.